The van der Waals surface area contributed by atoms with E-state index in [1.54, 1.807) is 0 Å². The first-order valence-electron chi connectivity index (χ1n) is 6.93. The second kappa shape index (κ2) is 8.57. The molecule has 0 aromatic heterocycles. The molecular weight excluding hydrogens is 276 g/mol. The molecule has 1 aliphatic heterocycles. The van der Waals surface area contributed by atoms with Crippen molar-refractivity contribution in [3.63, 3.8) is 0 Å². The molecule has 110 valence electrons. The predicted octanol–water partition coefficient (Wildman–Crippen LogP) is 4.09. The zero-order valence-electron chi connectivity index (χ0n) is 11.9. The molecule has 0 bridgehead atoms. The van der Waals surface area contributed by atoms with Crippen molar-refractivity contribution in [1.82, 2.24) is 5.32 Å². The number of hydrogen-bond acceptors (Lipinski definition) is 2. The van der Waals surface area contributed by atoms with Gasteiger partial charge in [0.25, 0.3) is 0 Å². The van der Waals surface area contributed by atoms with Crippen molar-refractivity contribution >= 4 is 23.2 Å². The van der Waals surface area contributed by atoms with E-state index in [2.05, 4.69) is 5.32 Å². The highest BCUT2D eigenvalue weighted by atomic mass is 35.5. The van der Waals surface area contributed by atoms with E-state index in [4.69, 9.17) is 27.9 Å². The van der Waals surface area contributed by atoms with Gasteiger partial charge < -0.3 is 10.1 Å². The number of halogens is 3. The molecule has 0 aromatic carbocycles. The van der Waals surface area contributed by atoms with Crippen LogP contribution in [0.3, 0.4) is 0 Å². The average Bonchev–Trinajstić information content (AvgIpc) is 2.93. The Morgan fingerprint density at radius 1 is 1.17 bits per heavy atom. The van der Waals surface area contributed by atoms with Gasteiger partial charge >= 0.3 is 0 Å². The van der Waals surface area contributed by atoms with E-state index in [0.29, 0.717) is 0 Å². The normalized spacial score (nSPS) is 29.5. The molecule has 1 unspecified atom stereocenters. The Morgan fingerprint density at radius 2 is 1.61 bits per heavy atom. The zero-order valence-corrected chi connectivity index (χ0v) is 13.4. The zero-order chi connectivity index (χ0) is 14.2. The number of nitrogens with one attached hydrogen (secondary N) is 1. The highest BCUT2D eigenvalue weighted by Gasteiger charge is 2.68. The highest BCUT2D eigenvalue weighted by molar-refractivity contribution is 6.52. The Kier molecular flexibility index (Phi) is 8.78. The molecule has 0 amide bonds. The van der Waals surface area contributed by atoms with Crippen molar-refractivity contribution in [2.75, 3.05) is 19.7 Å². The minimum atomic E-state index is -1.51. The molecule has 2 rings (SSSR count). The third kappa shape index (κ3) is 5.20. The summed E-state index contributed by atoms with van der Waals surface area (Å²) < 4.78 is 17.9. The fourth-order valence-electron chi connectivity index (χ4n) is 1.68. The first-order chi connectivity index (χ1) is 8.54. The third-order valence-electron chi connectivity index (χ3n) is 2.87. The van der Waals surface area contributed by atoms with Crippen molar-refractivity contribution in [2.45, 2.75) is 63.1 Å². The Morgan fingerprint density at radius 3 is 2.00 bits per heavy atom. The van der Waals surface area contributed by atoms with Crippen LogP contribution in [0.1, 0.15) is 47.0 Å². The summed E-state index contributed by atoms with van der Waals surface area (Å²) in [6.07, 6.45) is 2.23. The second-order valence-corrected chi connectivity index (χ2v) is 5.59. The highest BCUT2D eigenvalue weighted by Crippen LogP contribution is 2.59. The van der Waals surface area contributed by atoms with Crippen LogP contribution >= 0.6 is 23.2 Å². The lowest BCUT2D eigenvalue weighted by Gasteiger charge is -2.24. The summed E-state index contributed by atoms with van der Waals surface area (Å²) in [5.41, 5.74) is -1.51. The van der Waals surface area contributed by atoms with Gasteiger partial charge in [0, 0.05) is 6.42 Å². The predicted molar refractivity (Wildman–Crippen MR) is 77.4 cm³/mol. The molecule has 0 radical (unpaired) electrons. The van der Waals surface area contributed by atoms with Gasteiger partial charge in [0.1, 0.15) is 0 Å². The minimum Gasteiger partial charge on any atom is -0.375 e. The summed E-state index contributed by atoms with van der Waals surface area (Å²) in [7, 11) is 0. The molecule has 1 atom stereocenters. The van der Waals surface area contributed by atoms with Gasteiger partial charge in [-0.05, 0) is 25.9 Å². The Balaban J connectivity index is 0.000000659. The first-order valence-corrected chi connectivity index (χ1v) is 7.68. The largest absolute Gasteiger partial charge is 0.375 e. The van der Waals surface area contributed by atoms with Crippen molar-refractivity contribution in [3.8, 4) is 0 Å². The van der Waals surface area contributed by atoms with Crippen LogP contribution in [0.4, 0.5) is 4.39 Å². The lowest BCUT2D eigenvalue weighted by Crippen LogP contribution is -2.34. The third-order valence-corrected chi connectivity index (χ3v) is 3.81. The van der Waals surface area contributed by atoms with Gasteiger partial charge in [-0.15, -0.1) is 0 Å². The minimum absolute atomic E-state index is 0.0324. The number of hydrogen-bond donors (Lipinski definition) is 1. The van der Waals surface area contributed by atoms with Crippen LogP contribution < -0.4 is 5.32 Å². The van der Waals surface area contributed by atoms with E-state index < -0.39 is 10.0 Å². The summed E-state index contributed by atoms with van der Waals surface area (Å²) in [6, 6.07) is 0. The molecule has 1 heterocycles. The van der Waals surface area contributed by atoms with Crippen LogP contribution in [0.2, 0.25) is 0 Å². The molecule has 5 heteroatoms. The van der Waals surface area contributed by atoms with Crippen LogP contribution in [0.25, 0.3) is 0 Å². The Hall–Kier alpha value is 0.430. The van der Waals surface area contributed by atoms with Crippen LogP contribution in [0.5, 0.6) is 0 Å². The van der Waals surface area contributed by atoms with Crippen molar-refractivity contribution in [2.24, 2.45) is 0 Å². The molecule has 2 nitrogen and oxygen atoms in total. The monoisotopic (exact) mass is 301 g/mol. The van der Waals surface area contributed by atoms with E-state index >= 15 is 0 Å². The molecule has 2 aliphatic rings. The number of alkyl halides is 3. The van der Waals surface area contributed by atoms with E-state index in [9.17, 15) is 4.39 Å². The van der Waals surface area contributed by atoms with E-state index in [1.165, 1.54) is 0 Å². The molecule has 1 saturated carbocycles. The van der Waals surface area contributed by atoms with Gasteiger partial charge in [-0.3, -0.25) is 0 Å². The van der Waals surface area contributed by atoms with Gasteiger partial charge in [-0.25, -0.2) is 4.39 Å². The van der Waals surface area contributed by atoms with E-state index in [-0.39, 0.29) is 19.1 Å². The summed E-state index contributed by atoms with van der Waals surface area (Å²) in [5, 5.41) is 3.22. The summed E-state index contributed by atoms with van der Waals surface area (Å²) in [4.78, 5) is 0. The Labute approximate surface area is 121 Å². The standard InChI is InChI=1S/C9H14Cl2FNO.2C2H6/c10-9(11)5-8(9,12)6-14-7-1-3-13-4-2-7;2*1-2/h7,13H,1-6H2;2*1-2H3. The summed E-state index contributed by atoms with van der Waals surface area (Å²) in [5.74, 6) is 0. The maximum atomic E-state index is 13.6. The van der Waals surface area contributed by atoms with E-state index in [1.807, 2.05) is 27.7 Å². The van der Waals surface area contributed by atoms with Crippen molar-refractivity contribution < 1.29 is 9.13 Å². The molecule has 1 saturated heterocycles. The van der Waals surface area contributed by atoms with Gasteiger partial charge in [-0.2, -0.15) is 0 Å². The maximum absolute atomic E-state index is 13.6. The number of rotatable bonds is 3. The second-order valence-electron chi connectivity index (χ2n) is 4.11. The molecule has 18 heavy (non-hydrogen) atoms. The SMILES string of the molecule is CC.CC.FC1(COC2CCNCC2)CC1(Cl)Cl. The first kappa shape index (κ1) is 18.4. The molecule has 1 N–H and O–H groups in total. The van der Waals surface area contributed by atoms with Gasteiger partial charge in [0.05, 0.1) is 12.7 Å². The average molecular weight is 302 g/mol. The van der Waals surface area contributed by atoms with Crippen LogP contribution in [-0.2, 0) is 4.74 Å². The topological polar surface area (TPSA) is 21.3 Å². The number of ether oxygens (including phenoxy) is 1. The van der Waals surface area contributed by atoms with Crippen LogP contribution in [0, 0.1) is 0 Å². The number of piperidine rings is 1. The van der Waals surface area contributed by atoms with Crippen molar-refractivity contribution in [3.05, 3.63) is 0 Å². The van der Waals surface area contributed by atoms with Gasteiger partial charge in [0.15, 0.2) is 10.0 Å². The van der Waals surface area contributed by atoms with Crippen LogP contribution in [0.15, 0.2) is 0 Å². The lowest BCUT2D eigenvalue weighted by molar-refractivity contribution is -0.00485. The van der Waals surface area contributed by atoms with E-state index in [0.717, 1.165) is 25.9 Å². The van der Waals surface area contributed by atoms with Crippen LogP contribution in [-0.4, -0.2) is 35.8 Å². The molecular formula is C13H26Cl2FNO. The molecule has 0 spiro atoms. The molecule has 0 aromatic rings. The molecule has 2 fully saturated rings. The quantitative estimate of drug-likeness (QED) is 0.793. The van der Waals surface area contributed by atoms with Gasteiger partial charge in [-0.1, -0.05) is 50.9 Å². The smallest absolute Gasteiger partial charge is 0.169 e. The fourth-order valence-corrected chi connectivity index (χ4v) is 2.21. The Bertz CT molecular complexity index is 223. The maximum Gasteiger partial charge on any atom is 0.169 e. The molecule has 1 aliphatic carbocycles. The van der Waals surface area contributed by atoms with Crippen molar-refractivity contribution in [1.29, 1.82) is 0 Å². The van der Waals surface area contributed by atoms with Gasteiger partial charge in [0.2, 0.25) is 0 Å². The summed E-state index contributed by atoms with van der Waals surface area (Å²) >= 11 is 11.3. The fraction of sp³-hybridized carbons (Fsp3) is 1.00. The lowest BCUT2D eigenvalue weighted by atomic mass is 10.1. The summed E-state index contributed by atoms with van der Waals surface area (Å²) in [6.45, 7) is 9.92.